The highest BCUT2D eigenvalue weighted by Gasteiger charge is 2.37. The van der Waals surface area contributed by atoms with E-state index < -0.39 is 17.4 Å². The molecule has 5 nitrogen and oxygen atoms in total. The molecule has 1 rings (SSSR count). The van der Waals surface area contributed by atoms with E-state index in [1.54, 1.807) is 26.0 Å². The van der Waals surface area contributed by atoms with Gasteiger partial charge in [-0.1, -0.05) is 0 Å². The number of halogens is 1. The maximum absolute atomic E-state index is 11.8. The summed E-state index contributed by atoms with van der Waals surface area (Å²) in [5.41, 5.74) is 5.95. The third-order valence-corrected chi connectivity index (χ3v) is 3.80. The molecule has 3 N–H and O–H groups in total. The number of carbonyl (C=O) groups excluding carboxylic acids is 1. The van der Waals surface area contributed by atoms with Crippen molar-refractivity contribution in [2.75, 3.05) is 13.7 Å². The summed E-state index contributed by atoms with van der Waals surface area (Å²) in [5, 5.41) is 9.89. The van der Waals surface area contributed by atoms with Gasteiger partial charge in [0.25, 0.3) is 0 Å². The van der Waals surface area contributed by atoms with Gasteiger partial charge in [0.2, 0.25) is 0 Å². The number of ether oxygens (including phenoxy) is 2. The van der Waals surface area contributed by atoms with E-state index in [9.17, 15) is 9.90 Å². The lowest BCUT2D eigenvalue weighted by molar-refractivity contribution is -0.152. The van der Waals surface area contributed by atoms with Crippen LogP contribution in [0, 0.1) is 5.41 Å². The summed E-state index contributed by atoms with van der Waals surface area (Å²) >= 11 is 3.25. The first-order valence-electron chi connectivity index (χ1n) is 6.24. The van der Waals surface area contributed by atoms with Crippen LogP contribution in [0.1, 0.15) is 32.4 Å². The molecule has 1 aromatic rings. The summed E-state index contributed by atoms with van der Waals surface area (Å²) in [5.74, 6) is -0.0566. The first-order valence-corrected chi connectivity index (χ1v) is 7.04. The Morgan fingerprint density at radius 2 is 2.10 bits per heavy atom. The third kappa shape index (κ3) is 3.24. The lowest BCUT2D eigenvalue weighted by Crippen LogP contribution is -2.37. The average molecular weight is 346 g/mol. The average Bonchev–Trinajstić information content (AvgIpc) is 2.41. The largest absolute Gasteiger partial charge is 0.503 e. The van der Waals surface area contributed by atoms with Gasteiger partial charge in [-0.2, -0.15) is 0 Å². The summed E-state index contributed by atoms with van der Waals surface area (Å²) < 4.78 is 10.6. The summed E-state index contributed by atoms with van der Waals surface area (Å²) in [7, 11) is 1.33. The molecule has 6 heteroatoms. The number of phenolic OH excluding ortho intramolecular Hbond substituents is 1. The topological polar surface area (TPSA) is 81.8 Å². The van der Waals surface area contributed by atoms with Crippen LogP contribution in [0.4, 0.5) is 0 Å². The van der Waals surface area contributed by atoms with E-state index in [1.165, 1.54) is 7.11 Å². The molecule has 0 aliphatic rings. The number of rotatable bonds is 5. The van der Waals surface area contributed by atoms with Crippen molar-refractivity contribution in [2.45, 2.75) is 26.8 Å². The molecular weight excluding hydrogens is 326 g/mol. The highest BCUT2D eigenvalue weighted by atomic mass is 79.9. The van der Waals surface area contributed by atoms with Crippen LogP contribution in [-0.4, -0.2) is 24.8 Å². The number of methoxy groups -OCH3 is 1. The van der Waals surface area contributed by atoms with Crippen LogP contribution in [0.3, 0.4) is 0 Å². The third-order valence-electron chi connectivity index (χ3n) is 3.20. The first kappa shape index (κ1) is 16.8. The lowest BCUT2D eigenvalue weighted by Gasteiger charge is -2.29. The van der Waals surface area contributed by atoms with Crippen LogP contribution >= 0.6 is 15.9 Å². The summed E-state index contributed by atoms with van der Waals surface area (Å²) in [4.78, 5) is 11.8. The quantitative estimate of drug-likeness (QED) is 0.801. The second-order valence-corrected chi connectivity index (χ2v) is 5.83. The molecule has 1 atom stereocenters. The van der Waals surface area contributed by atoms with Crippen LogP contribution in [0.5, 0.6) is 11.5 Å². The van der Waals surface area contributed by atoms with Gasteiger partial charge in [-0.15, -0.1) is 0 Å². The normalized spacial score (nSPS) is 12.9. The fourth-order valence-electron chi connectivity index (χ4n) is 1.85. The number of benzene rings is 1. The van der Waals surface area contributed by atoms with E-state index in [4.69, 9.17) is 15.2 Å². The minimum atomic E-state index is -0.894. The van der Waals surface area contributed by atoms with E-state index >= 15 is 0 Å². The van der Waals surface area contributed by atoms with Crippen molar-refractivity contribution in [3.05, 3.63) is 22.2 Å². The molecule has 112 valence electrons. The highest BCUT2D eigenvalue weighted by molar-refractivity contribution is 9.10. The van der Waals surface area contributed by atoms with E-state index in [0.717, 1.165) is 0 Å². The Balaban J connectivity index is 3.22. The van der Waals surface area contributed by atoms with E-state index in [2.05, 4.69) is 15.9 Å². The smallest absolute Gasteiger partial charge is 0.313 e. The molecule has 0 aliphatic carbocycles. The van der Waals surface area contributed by atoms with E-state index in [0.29, 0.717) is 22.4 Å². The van der Waals surface area contributed by atoms with Crippen molar-refractivity contribution in [1.29, 1.82) is 0 Å². The highest BCUT2D eigenvalue weighted by Crippen LogP contribution is 2.40. The second-order valence-electron chi connectivity index (χ2n) is 4.97. The minimum Gasteiger partial charge on any atom is -0.503 e. The minimum absolute atomic E-state index is 0.0127. The number of esters is 1. The van der Waals surface area contributed by atoms with Crippen molar-refractivity contribution >= 4 is 21.9 Å². The van der Waals surface area contributed by atoms with Crippen LogP contribution in [0.15, 0.2) is 16.6 Å². The zero-order chi connectivity index (χ0) is 15.5. The van der Waals surface area contributed by atoms with Gasteiger partial charge in [-0.3, -0.25) is 4.79 Å². The maximum Gasteiger partial charge on any atom is 0.313 e. The van der Waals surface area contributed by atoms with Crippen molar-refractivity contribution in [2.24, 2.45) is 11.1 Å². The van der Waals surface area contributed by atoms with E-state index in [-0.39, 0.29) is 5.75 Å². The molecular formula is C14H20BrNO4. The standard InChI is InChI=1S/C14H20BrNO4/c1-5-20-10-7-8(6-9(15)11(10)17)12(16)14(2,3)13(18)19-4/h6-7,12,17H,5,16H2,1-4H3/t12-/m0/s1. The molecule has 20 heavy (non-hydrogen) atoms. The zero-order valence-corrected chi connectivity index (χ0v) is 13.7. The van der Waals surface area contributed by atoms with Crippen LogP contribution < -0.4 is 10.5 Å². The lowest BCUT2D eigenvalue weighted by atomic mass is 9.81. The molecule has 0 radical (unpaired) electrons. The number of phenols is 1. The Kier molecular flexibility index (Phi) is 5.42. The van der Waals surface area contributed by atoms with Crippen LogP contribution in [-0.2, 0) is 9.53 Å². The molecule has 0 unspecified atom stereocenters. The number of hydrogen-bond acceptors (Lipinski definition) is 5. The molecule has 0 amide bonds. The molecule has 0 aromatic heterocycles. The number of nitrogens with two attached hydrogens (primary N) is 1. The van der Waals surface area contributed by atoms with E-state index in [1.807, 2.05) is 6.92 Å². The van der Waals surface area contributed by atoms with Gasteiger partial charge < -0.3 is 20.3 Å². The Morgan fingerprint density at radius 1 is 1.50 bits per heavy atom. The molecule has 0 spiro atoms. The monoisotopic (exact) mass is 345 g/mol. The zero-order valence-electron chi connectivity index (χ0n) is 12.1. The van der Waals surface area contributed by atoms with Crippen molar-refractivity contribution < 1.29 is 19.4 Å². The van der Waals surface area contributed by atoms with Gasteiger partial charge in [-0.25, -0.2) is 0 Å². The fourth-order valence-corrected chi connectivity index (χ4v) is 2.31. The van der Waals surface area contributed by atoms with Crippen molar-refractivity contribution in [1.82, 2.24) is 0 Å². The molecule has 0 bridgehead atoms. The first-order chi connectivity index (χ1) is 9.25. The van der Waals surface area contributed by atoms with Crippen LogP contribution in [0.2, 0.25) is 0 Å². The van der Waals surface area contributed by atoms with Crippen molar-refractivity contribution in [3.8, 4) is 11.5 Å². The summed E-state index contributed by atoms with van der Waals surface area (Å²) in [6.07, 6.45) is 0. The van der Waals surface area contributed by atoms with Gasteiger partial charge in [0.15, 0.2) is 11.5 Å². The van der Waals surface area contributed by atoms with Gasteiger partial charge >= 0.3 is 5.97 Å². The number of carbonyl (C=O) groups is 1. The Hall–Kier alpha value is -1.27. The van der Waals surface area contributed by atoms with Gasteiger partial charge in [-0.05, 0) is 54.4 Å². The molecule has 0 aliphatic heterocycles. The second kappa shape index (κ2) is 6.45. The fraction of sp³-hybridized carbons (Fsp3) is 0.500. The van der Waals surface area contributed by atoms with Gasteiger partial charge in [0.1, 0.15) is 0 Å². The summed E-state index contributed by atoms with van der Waals surface area (Å²) in [6.45, 7) is 5.66. The molecule has 0 fully saturated rings. The Morgan fingerprint density at radius 3 is 2.60 bits per heavy atom. The van der Waals surface area contributed by atoms with Crippen LogP contribution in [0.25, 0.3) is 0 Å². The number of aromatic hydroxyl groups is 1. The van der Waals surface area contributed by atoms with Gasteiger partial charge in [0.05, 0.1) is 23.6 Å². The molecule has 0 saturated carbocycles. The predicted octanol–water partition coefficient (Wildman–Crippen LogP) is 2.75. The SMILES string of the molecule is CCOc1cc([C@H](N)C(C)(C)C(=O)OC)cc(Br)c1O. The Bertz CT molecular complexity index is 502. The molecule has 1 aromatic carbocycles. The summed E-state index contributed by atoms with van der Waals surface area (Å²) in [6, 6.07) is 2.72. The van der Waals surface area contributed by atoms with Gasteiger partial charge in [0, 0.05) is 6.04 Å². The number of hydrogen-bond donors (Lipinski definition) is 2. The maximum atomic E-state index is 11.8. The molecule has 0 saturated heterocycles. The van der Waals surface area contributed by atoms with Crippen molar-refractivity contribution in [3.63, 3.8) is 0 Å². The predicted molar refractivity (Wildman–Crippen MR) is 79.7 cm³/mol. The molecule has 0 heterocycles. The Labute approximate surface area is 127 Å².